The Bertz CT molecular complexity index is 91.0. The van der Waals surface area contributed by atoms with Gasteiger partial charge in [-0.3, -0.25) is 0 Å². The summed E-state index contributed by atoms with van der Waals surface area (Å²) in [6.07, 6.45) is 0.681. The van der Waals surface area contributed by atoms with E-state index in [1.165, 1.54) is 0 Å². The van der Waals surface area contributed by atoms with Gasteiger partial charge in [-0.1, -0.05) is 26.5 Å². The molecule has 0 N–H and O–H groups in total. The van der Waals surface area contributed by atoms with Gasteiger partial charge in [-0.2, -0.15) is 0 Å². The third kappa shape index (κ3) is 2.23. The van der Waals surface area contributed by atoms with Crippen molar-refractivity contribution in [3.8, 4) is 0 Å². The van der Waals surface area contributed by atoms with E-state index < -0.39 is 19.2 Å². The van der Waals surface area contributed by atoms with Crippen LogP contribution in [-0.4, -0.2) is 19.2 Å². The Morgan fingerprint density at radius 1 is 1.20 bits per heavy atom. The van der Waals surface area contributed by atoms with Crippen LogP contribution in [0, 0.1) is 0 Å². The SMILES string of the molecule is CCB(CC)C(F)(F)CF. The van der Waals surface area contributed by atoms with E-state index in [1.807, 2.05) is 0 Å². The quantitative estimate of drug-likeness (QED) is 0.543. The van der Waals surface area contributed by atoms with Gasteiger partial charge in [0.25, 0.3) is 0 Å². The van der Waals surface area contributed by atoms with Crippen molar-refractivity contribution in [1.82, 2.24) is 0 Å². The minimum absolute atomic E-state index is 0.341. The van der Waals surface area contributed by atoms with Gasteiger partial charge in [-0.15, -0.1) is 0 Å². The highest BCUT2D eigenvalue weighted by molar-refractivity contribution is 6.61. The number of hydrogen-bond donors (Lipinski definition) is 0. The smallest absolute Gasteiger partial charge is 0.242 e. The molecule has 0 fully saturated rings. The molecule has 0 nitrogen and oxygen atoms in total. The van der Waals surface area contributed by atoms with Gasteiger partial charge in [0, 0.05) is 0 Å². The zero-order chi connectivity index (χ0) is 8.20. The molecule has 0 aliphatic carbocycles. The standard InChI is InChI=1S/C6H12BF3/c1-3-7(4-2)6(9,10)5-8/h3-5H2,1-2H3. The zero-order valence-electron chi connectivity index (χ0n) is 6.33. The summed E-state index contributed by atoms with van der Waals surface area (Å²) in [5.74, 6) is -3.11. The van der Waals surface area contributed by atoms with Gasteiger partial charge >= 0.3 is 0 Å². The highest BCUT2D eigenvalue weighted by Gasteiger charge is 2.39. The molecular formula is C6H12BF3. The molecule has 0 saturated carbocycles. The molecule has 0 aromatic heterocycles. The maximum Gasteiger partial charge on any atom is 0.242 e. The summed E-state index contributed by atoms with van der Waals surface area (Å²) < 4.78 is 36.5. The molecule has 0 aromatic carbocycles. The molecule has 0 aliphatic heterocycles. The van der Waals surface area contributed by atoms with Crippen molar-refractivity contribution in [2.24, 2.45) is 0 Å². The Balaban J connectivity index is 3.97. The Morgan fingerprint density at radius 2 is 1.60 bits per heavy atom. The Kier molecular flexibility index (Phi) is 3.83. The first kappa shape index (κ1) is 9.85. The van der Waals surface area contributed by atoms with Crippen LogP contribution in [-0.2, 0) is 0 Å². The van der Waals surface area contributed by atoms with E-state index in [9.17, 15) is 13.2 Å². The molecule has 60 valence electrons. The fourth-order valence-corrected chi connectivity index (χ4v) is 0.995. The molecule has 0 unspecified atom stereocenters. The molecule has 0 radical (unpaired) electrons. The van der Waals surface area contributed by atoms with Crippen molar-refractivity contribution in [3.05, 3.63) is 0 Å². The normalized spacial score (nSPS) is 11.7. The van der Waals surface area contributed by atoms with Crippen LogP contribution in [0.15, 0.2) is 0 Å². The average Bonchev–Trinajstić information content (AvgIpc) is 1.90. The maximum absolute atomic E-state index is 12.4. The number of alkyl halides is 3. The molecule has 0 amide bonds. The maximum atomic E-state index is 12.4. The second-order valence-electron chi connectivity index (χ2n) is 2.41. The van der Waals surface area contributed by atoms with Gasteiger partial charge in [0.05, 0.1) is 0 Å². The minimum Gasteiger partial charge on any atom is -0.245 e. The lowest BCUT2D eigenvalue weighted by molar-refractivity contribution is 0.0550. The van der Waals surface area contributed by atoms with E-state index in [2.05, 4.69) is 0 Å². The van der Waals surface area contributed by atoms with Crippen molar-refractivity contribution in [3.63, 3.8) is 0 Å². The predicted molar refractivity (Wildman–Crippen MR) is 37.6 cm³/mol. The van der Waals surface area contributed by atoms with E-state index in [1.54, 1.807) is 13.8 Å². The molecule has 0 heterocycles. The van der Waals surface area contributed by atoms with Crippen molar-refractivity contribution < 1.29 is 13.2 Å². The Labute approximate surface area is 59.9 Å². The van der Waals surface area contributed by atoms with Crippen molar-refractivity contribution >= 4 is 6.71 Å². The number of hydrogen-bond acceptors (Lipinski definition) is 0. The topological polar surface area (TPSA) is 0 Å². The summed E-state index contributed by atoms with van der Waals surface area (Å²) >= 11 is 0. The Morgan fingerprint density at radius 3 is 1.70 bits per heavy atom. The fraction of sp³-hybridized carbons (Fsp3) is 1.00. The van der Waals surface area contributed by atoms with Crippen LogP contribution in [0.1, 0.15) is 13.8 Å². The number of halogens is 3. The largest absolute Gasteiger partial charge is 0.245 e. The van der Waals surface area contributed by atoms with Crippen LogP contribution >= 0.6 is 0 Å². The van der Waals surface area contributed by atoms with E-state index >= 15 is 0 Å². The average molecular weight is 152 g/mol. The van der Waals surface area contributed by atoms with E-state index in [0.717, 1.165) is 0 Å². The van der Waals surface area contributed by atoms with Gasteiger partial charge in [-0.05, 0) is 0 Å². The monoisotopic (exact) mass is 152 g/mol. The first-order chi connectivity index (χ1) is 4.58. The fourth-order valence-electron chi connectivity index (χ4n) is 0.995. The molecule has 0 spiro atoms. The van der Waals surface area contributed by atoms with Crippen LogP contribution in [0.2, 0.25) is 12.6 Å². The second-order valence-corrected chi connectivity index (χ2v) is 2.41. The lowest BCUT2D eigenvalue weighted by atomic mass is 9.41. The summed E-state index contributed by atoms with van der Waals surface area (Å²) in [5, 5.41) is 0. The Hall–Kier alpha value is -0.145. The van der Waals surface area contributed by atoms with E-state index in [-0.39, 0.29) is 0 Å². The third-order valence-electron chi connectivity index (χ3n) is 1.76. The highest BCUT2D eigenvalue weighted by Crippen LogP contribution is 2.22. The van der Waals surface area contributed by atoms with E-state index in [4.69, 9.17) is 0 Å². The third-order valence-corrected chi connectivity index (χ3v) is 1.76. The summed E-state index contributed by atoms with van der Waals surface area (Å²) in [6, 6.07) is 0. The van der Waals surface area contributed by atoms with Gasteiger partial charge in [-0.25, -0.2) is 13.2 Å². The molecule has 10 heavy (non-hydrogen) atoms. The first-order valence-electron chi connectivity index (χ1n) is 3.52. The molecule has 0 saturated heterocycles. The second kappa shape index (κ2) is 3.89. The van der Waals surface area contributed by atoms with Crippen molar-refractivity contribution in [1.29, 1.82) is 0 Å². The van der Waals surface area contributed by atoms with Gasteiger partial charge < -0.3 is 0 Å². The summed E-state index contributed by atoms with van der Waals surface area (Å²) in [4.78, 5) is 0. The predicted octanol–water partition coefficient (Wildman–Crippen LogP) is 2.67. The lowest BCUT2D eigenvalue weighted by Gasteiger charge is -2.18. The van der Waals surface area contributed by atoms with Crippen molar-refractivity contribution in [2.75, 3.05) is 6.67 Å². The zero-order valence-corrected chi connectivity index (χ0v) is 6.33. The van der Waals surface area contributed by atoms with Crippen molar-refractivity contribution in [2.45, 2.75) is 32.3 Å². The lowest BCUT2D eigenvalue weighted by Crippen LogP contribution is -2.38. The van der Waals surface area contributed by atoms with Crippen LogP contribution in [0.3, 0.4) is 0 Å². The van der Waals surface area contributed by atoms with Gasteiger partial charge in [0.2, 0.25) is 12.5 Å². The van der Waals surface area contributed by atoms with Gasteiger partial charge in [0.15, 0.2) is 0 Å². The molecule has 0 atom stereocenters. The van der Waals surface area contributed by atoms with Crippen LogP contribution in [0.4, 0.5) is 13.2 Å². The molecule has 0 bridgehead atoms. The molecule has 0 rings (SSSR count). The van der Waals surface area contributed by atoms with E-state index in [0.29, 0.717) is 12.6 Å². The summed E-state index contributed by atoms with van der Waals surface area (Å²) in [7, 11) is 0. The number of rotatable bonds is 4. The highest BCUT2D eigenvalue weighted by atomic mass is 19.3. The van der Waals surface area contributed by atoms with Gasteiger partial charge in [0.1, 0.15) is 6.67 Å². The molecular weight excluding hydrogens is 140 g/mol. The van der Waals surface area contributed by atoms with Crippen LogP contribution in [0.25, 0.3) is 0 Å². The summed E-state index contributed by atoms with van der Waals surface area (Å²) in [5.41, 5.74) is 0. The molecule has 4 heteroatoms. The van der Waals surface area contributed by atoms with Crippen LogP contribution in [0.5, 0.6) is 0 Å². The molecule has 0 aromatic rings. The van der Waals surface area contributed by atoms with Crippen LogP contribution < -0.4 is 0 Å². The molecule has 0 aliphatic rings. The first-order valence-corrected chi connectivity index (χ1v) is 3.52. The summed E-state index contributed by atoms with van der Waals surface area (Å²) in [6.45, 7) is 0.979. The minimum atomic E-state index is -3.11.